The van der Waals surface area contributed by atoms with Gasteiger partial charge in [0.05, 0.1) is 6.61 Å². The number of rotatable bonds is 3. The molecule has 2 nitrogen and oxygen atoms in total. The van der Waals surface area contributed by atoms with Crippen molar-refractivity contribution < 1.29 is 9.23 Å². The molecule has 0 atom stereocenters. The number of nitrogens with two attached hydrogens (primary N) is 1. The van der Waals surface area contributed by atoms with Gasteiger partial charge in [-0.3, -0.25) is 0 Å². The molecule has 0 aromatic heterocycles. The molecule has 0 bridgehead atoms. The molecule has 0 aliphatic heterocycles. The Balaban J connectivity index is 2.72. The second-order valence-corrected chi connectivity index (χ2v) is 3.21. The fourth-order valence-corrected chi connectivity index (χ4v) is 1.44. The average molecular weight is 234 g/mol. The van der Waals surface area contributed by atoms with Crippen molar-refractivity contribution in [3.05, 3.63) is 34.1 Å². The fraction of sp³-hybridized carbons (Fsp3) is 0.250. The van der Waals surface area contributed by atoms with Gasteiger partial charge in [-0.2, -0.15) is 0 Å². The van der Waals surface area contributed by atoms with Crippen molar-refractivity contribution in [2.45, 2.75) is 6.42 Å². The van der Waals surface area contributed by atoms with E-state index in [1.54, 1.807) is 6.07 Å². The molecule has 0 aliphatic rings. The van der Waals surface area contributed by atoms with Crippen LogP contribution in [-0.4, -0.2) is 6.61 Å². The minimum atomic E-state index is -0.251. The highest BCUT2D eigenvalue weighted by Crippen LogP contribution is 2.18. The third kappa shape index (κ3) is 2.55. The topological polar surface area (TPSA) is 35.2 Å². The first kappa shape index (κ1) is 9.64. The molecular formula is C8H9BrFNO. The van der Waals surface area contributed by atoms with E-state index in [9.17, 15) is 4.39 Å². The number of benzene rings is 1. The number of halogens is 2. The lowest BCUT2D eigenvalue weighted by atomic mass is 10.2. The summed E-state index contributed by atoms with van der Waals surface area (Å²) >= 11 is 3.24. The van der Waals surface area contributed by atoms with Crippen molar-refractivity contribution in [2.24, 2.45) is 5.90 Å². The van der Waals surface area contributed by atoms with Gasteiger partial charge in [0, 0.05) is 4.47 Å². The van der Waals surface area contributed by atoms with E-state index in [1.165, 1.54) is 12.1 Å². The first-order chi connectivity index (χ1) is 5.74. The molecule has 0 saturated heterocycles. The van der Waals surface area contributed by atoms with E-state index >= 15 is 0 Å². The van der Waals surface area contributed by atoms with Crippen LogP contribution in [0.25, 0.3) is 0 Å². The molecule has 1 rings (SSSR count). The summed E-state index contributed by atoms with van der Waals surface area (Å²) in [4.78, 5) is 4.42. The molecule has 4 heteroatoms. The Bertz CT molecular complexity index is 267. The Morgan fingerprint density at radius 3 is 2.83 bits per heavy atom. The highest BCUT2D eigenvalue weighted by molar-refractivity contribution is 9.10. The summed E-state index contributed by atoms with van der Waals surface area (Å²) in [6, 6.07) is 4.54. The third-order valence-electron chi connectivity index (χ3n) is 1.50. The summed E-state index contributed by atoms with van der Waals surface area (Å²) in [5, 5.41) is 0. The van der Waals surface area contributed by atoms with Gasteiger partial charge in [0.15, 0.2) is 0 Å². The summed E-state index contributed by atoms with van der Waals surface area (Å²) in [6.45, 7) is 0.435. The van der Waals surface area contributed by atoms with Crippen molar-refractivity contribution in [3.8, 4) is 0 Å². The van der Waals surface area contributed by atoms with Gasteiger partial charge in [0.25, 0.3) is 0 Å². The van der Waals surface area contributed by atoms with Crippen molar-refractivity contribution >= 4 is 15.9 Å². The van der Waals surface area contributed by atoms with E-state index in [2.05, 4.69) is 20.8 Å². The molecule has 0 amide bonds. The van der Waals surface area contributed by atoms with Crippen molar-refractivity contribution in [1.29, 1.82) is 0 Å². The Morgan fingerprint density at radius 2 is 2.25 bits per heavy atom. The van der Waals surface area contributed by atoms with Gasteiger partial charge >= 0.3 is 0 Å². The van der Waals surface area contributed by atoms with Crippen LogP contribution in [0.3, 0.4) is 0 Å². The van der Waals surface area contributed by atoms with Gasteiger partial charge in [0.2, 0.25) is 0 Å². The van der Waals surface area contributed by atoms with E-state index in [1.807, 2.05) is 0 Å². The SMILES string of the molecule is NOCCc1ccc(F)cc1Br. The van der Waals surface area contributed by atoms with Crippen LogP contribution >= 0.6 is 15.9 Å². The maximum Gasteiger partial charge on any atom is 0.124 e. The molecule has 0 aliphatic carbocycles. The molecule has 0 radical (unpaired) electrons. The van der Waals surface area contributed by atoms with Gasteiger partial charge < -0.3 is 4.84 Å². The van der Waals surface area contributed by atoms with Crippen LogP contribution in [0.1, 0.15) is 5.56 Å². The third-order valence-corrected chi connectivity index (χ3v) is 2.24. The molecule has 1 aromatic rings. The Morgan fingerprint density at radius 1 is 1.50 bits per heavy atom. The zero-order chi connectivity index (χ0) is 8.97. The molecule has 66 valence electrons. The molecule has 12 heavy (non-hydrogen) atoms. The molecule has 0 unspecified atom stereocenters. The average Bonchev–Trinajstić information content (AvgIpc) is 2.03. The summed E-state index contributed by atoms with van der Waals surface area (Å²) in [5.41, 5.74) is 0.988. The molecule has 0 spiro atoms. The quantitative estimate of drug-likeness (QED) is 0.812. The Hall–Kier alpha value is -0.450. The van der Waals surface area contributed by atoms with Crippen LogP contribution in [0.2, 0.25) is 0 Å². The molecule has 0 heterocycles. The van der Waals surface area contributed by atoms with E-state index < -0.39 is 0 Å². The van der Waals surface area contributed by atoms with Crippen LogP contribution < -0.4 is 5.90 Å². The second-order valence-electron chi connectivity index (χ2n) is 2.36. The molecule has 1 aromatic carbocycles. The Kier molecular flexibility index (Phi) is 3.65. The number of hydrogen-bond acceptors (Lipinski definition) is 2. The summed E-state index contributed by atoms with van der Waals surface area (Å²) in [5.74, 6) is 4.62. The first-order valence-corrected chi connectivity index (χ1v) is 4.29. The van der Waals surface area contributed by atoms with Crippen LogP contribution in [-0.2, 0) is 11.3 Å². The number of hydrogen-bond donors (Lipinski definition) is 1. The first-order valence-electron chi connectivity index (χ1n) is 3.49. The van der Waals surface area contributed by atoms with Gasteiger partial charge in [0.1, 0.15) is 5.82 Å². The van der Waals surface area contributed by atoms with Gasteiger partial charge in [-0.05, 0) is 24.1 Å². The zero-order valence-corrected chi connectivity index (χ0v) is 7.97. The monoisotopic (exact) mass is 233 g/mol. The lowest BCUT2D eigenvalue weighted by Crippen LogP contribution is -2.04. The van der Waals surface area contributed by atoms with E-state index in [0.29, 0.717) is 13.0 Å². The van der Waals surface area contributed by atoms with Crippen LogP contribution in [0.5, 0.6) is 0 Å². The van der Waals surface area contributed by atoms with Crippen LogP contribution in [0.15, 0.2) is 22.7 Å². The maximum absolute atomic E-state index is 12.6. The second kappa shape index (κ2) is 4.54. The van der Waals surface area contributed by atoms with Gasteiger partial charge in [-0.15, -0.1) is 0 Å². The standard InChI is InChI=1S/C8H9BrFNO/c9-8-5-7(10)2-1-6(8)3-4-12-11/h1-2,5H,3-4,11H2. The highest BCUT2D eigenvalue weighted by atomic mass is 79.9. The smallest absolute Gasteiger partial charge is 0.124 e. The summed E-state index contributed by atoms with van der Waals surface area (Å²) in [7, 11) is 0. The molecule has 0 fully saturated rings. The van der Waals surface area contributed by atoms with E-state index in [0.717, 1.165) is 10.0 Å². The predicted octanol–water partition coefficient (Wildman–Crippen LogP) is 2.02. The van der Waals surface area contributed by atoms with Crippen molar-refractivity contribution in [3.63, 3.8) is 0 Å². The van der Waals surface area contributed by atoms with Crippen molar-refractivity contribution in [2.75, 3.05) is 6.61 Å². The molecule has 0 saturated carbocycles. The molecule has 2 N–H and O–H groups in total. The van der Waals surface area contributed by atoms with Gasteiger partial charge in [-0.25, -0.2) is 10.3 Å². The van der Waals surface area contributed by atoms with E-state index in [-0.39, 0.29) is 5.82 Å². The fourth-order valence-electron chi connectivity index (χ4n) is 0.893. The van der Waals surface area contributed by atoms with Crippen LogP contribution in [0.4, 0.5) is 4.39 Å². The minimum absolute atomic E-state index is 0.251. The maximum atomic E-state index is 12.6. The van der Waals surface area contributed by atoms with Crippen LogP contribution in [0, 0.1) is 5.82 Å². The van der Waals surface area contributed by atoms with Gasteiger partial charge in [-0.1, -0.05) is 22.0 Å². The zero-order valence-electron chi connectivity index (χ0n) is 6.39. The predicted molar refractivity (Wildman–Crippen MR) is 47.9 cm³/mol. The minimum Gasteiger partial charge on any atom is -0.304 e. The molecular weight excluding hydrogens is 225 g/mol. The Labute approximate surface area is 78.6 Å². The van der Waals surface area contributed by atoms with E-state index in [4.69, 9.17) is 5.90 Å². The highest BCUT2D eigenvalue weighted by Gasteiger charge is 2.00. The lowest BCUT2D eigenvalue weighted by Gasteiger charge is -2.02. The van der Waals surface area contributed by atoms with Crippen molar-refractivity contribution in [1.82, 2.24) is 0 Å². The largest absolute Gasteiger partial charge is 0.304 e. The lowest BCUT2D eigenvalue weighted by molar-refractivity contribution is 0.141. The normalized spacial score (nSPS) is 10.2. The summed E-state index contributed by atoms with van der Waals surface area (Å²) < 4.78 is 13.3. The summed E-state index contributed by atoms with van der Waals surface area (Å²) in [6.07, 6.45) is 0.678.